The van der Waals surface area contributed by atoms with Gasteiger partial charge in [-0.05, 0) is 69.8 Å². The monoisotopic (exact) mass is 271 g/mol. The Morgan fingerprint density at radius 2 is 1.65 bits per heavy atom. The number of aryl methyl sites for hydroxylation is 2. The van der Waals surface area contributed by atoms with E-state index < -0.39 is 0 Å². The molecular formula is C18H25NO. The predicted octanol–water partition coefficient (Wildman–Crippen LogP) is 3.89. The van der Waals surface area contributed by atoms with Crippen molar-refractivity contribution in [3.63, 3.8) is 0 Å². The molecule has 1 aromatic rings. The Balaban J connectivity index is 1.94. The summed E-state index contributed by atoms with van der Waals surface area (Å²) in [7, 11) is 0. The first-order chi connectivity index (χ1) is 9.63. The molecule has 0 atom stereocenters. The highest BCUT2D eigenvalue weighted by Gasteiger charge is 2.46. The lowest BCUT2D eigenvalue weighted by atomic mass is 9.85. The maximum absolute atomic E-state index is 13.2. The van der Waals surface area contributed by atoms with Crippen LogP contribution in [0.2, 0.25) is 0 Å². The maximum atomic E-state index is 13.2. The molecule has 1 saturated carbocycles. The van der Waals surface area contributed by atoms with Gasteiger partial charge in [-0.25, -0.2) is 0 Å². The summed E-state index contributed by atoms with van der Waals surface area (Å²) in [5, 5.41) is 0. The average molecular weight is 271 g/mol. The molecule has 108 valence electrons. The molecule has 1 aromatic carbocycles. The number of hydrogen-bond acceptors (Lipinski definition) is 2. The van der Waals surface area contributed by atoms with Gasteiger partial charge >= 0.3 is 0 Å². The number of carbonyl (C=O) groups excluding carboxylic acids is 1. The number of rotatable bonds is 3. The topological polar surface area (TPSA) is 20.3 Å². The molecule has 2 nitrogen and oxygen atoms in total. The highest BCUT2D eigenvalue weighted by molar-refractivity contribution is 6.03. The van der Waals surface area contributed by atoms with Crippen LogP contribution in [0.4, 0.5) is 0 Å². The minimum Gasteiger partial charge on any atom is -0.292 e. The number of Topliss-reactive ketones (excluding diaryl/α,β-unsaturated/α-hetero) is 1. The van der Waals surface area contributed by atoms with Crippen LogP contribution < -0.4 is 0 Å². The summed E-state index contributed by atoms with van der Waals surface area (Å²) in [6.45, 7) is 6.42. The highest BCUT2D eigenvalue weighted by Crippen LogP contribution is 2.40. The molecule has 0 bridgehead atoms. The summed E-state index contributed by atoms with van der Waals surface area (Å²) in [5.74, 6) is 0.375. The third-order valence-electron chi connectivity index (χ3n) is 5.33. The molecule has 20 heavy (non-hydrogen) atoms. The van der Waals surface area contributed by atoms with Crippen molar-refractivity contribution < 1.29 is 4.79 Å². The fraction of sp³-hybridized carbons (Fsp3) is 0.611. The van der Waals surface area contributed by atoms with E-state index in [0.717, 1.165) is 31.5 Å². The second-order valence-electron chi connectivity index (χ2n) is 6.56. The average Bonchev–Trinajstić information content (AvgIpc) is 3.12. The lowest BCUT2D eigenvalue weighted by molar-refractivity contribution is 0.0626. The van der Waals surface area contributed by atoms with Crippen LogP contribution in [-0.2, 0) is 0 Å². The standard InChI is InChI=1S/C18H25NO/c1-14-7-8-16(13-15(14)2)17(20)18(9-3-4-10-18)19-11-5-6-12-19/h7-8,13H,3-6,9-12H2,1-2H3. The smallest absolute Gasteiger partial charge is 0.183 e. The van der Waals surface area contributed by atoms with E-state index in [9.17, 15) is 4.79 Å². The van der Waals surface area contributed by atoms with Crippen molar-refractivity contribution in [2.45, 2.75) is 57.9 Å². The van der Waals surface area contributed by atoms with Crippen molar-refractivity contribution in [1.29, 1.82) is 0 Å². The van der Waals surface area contributed by atoms with Gasteiger partial charge in [-0.1, -0.05) is 25.0 Å². The van der Waals surface area contributed by atoms with Crippen molar-refractivity contribution in [2.75, 3.05) is 13.1 Å². The van der Waals surface area contributed by atoms with E-state index in [4.69, 9.17) is 0 Å². The Hall–Kier alpha value is -1.15. The zero-order chi connectivity index (χ0) is 14.2. The molecule has 3 rings (SSSR count). The van der Waals surface area contributed by atoms with E-state index in [2.05, 4.69) is 30.9 Å². The maximum Gasteiger partial charge on any atom is 0.183 e. The van der Waals surface area contributed by atoms with Gasteiger partial charge in [0, 0.05) is 5.56 Å². The summed E-state index contributed by atoms with van der Waals surface area (Å²) in [6, 6.07) is 6.21. The van der Waals surface area contributed by atoms with Gasteiger partial charge in [0.25, 0.3) is 0 Å². The van der Waals surface area contributed by atoms with Gasteiger partial charge < -0.3 is 0 Å². The van der Waals surface area contributed by atoms with E-state index in [-0.39, 0.29) is 5.54 Å². The van der Waals surface area contributed by atoms with Gasteiger partial charge in [0.1, 0.15) is 0 Å². The van der Waals surface area contributed by atoms with Crippen LogP contribution in [0.5, 0.6) is 0 Å². The third-order valence-corrected chi connectivity index (χ3v) is 5.33. The molecule has 0 aromatic heterocycles. The minimum atomic E-state index is -0.182. The van der Waals surface area contributed by atoms with Gasteiger partial charge in [-0.3, -0.25) is 9.69 Å². The van der Waals surface area contributed by atoms with Crippen molar-refractivity contribution in [3.8, 4) is 0 Å². The number of likely N-dealkylation sites (tertiary alicyclic amines) is 1. The van der Waals surface area contributed by atoms with Crippen LogP contribution >= 0.6 is 0 Å². The highest BCUT2D eigenvalue weighted by atomic mass is 16.1. The van der Waals surface area contributed by atoms with E-state index in [0.29, 0.717) is 5.78 Å². The van der Waals surface area contributed by atoms with Gasteiger partial charge in [0.15, 0.2) is 5.78 Å². The zero-order valence-corrected chi connectivity index (χ0v) is 12.7. The summed E-state index contributed by atoms with van der Waals surface area (Å²) >= 11 is 0. The molecule has 2 heteroatoms. The van der Waals surface area contributed by atoms with Crippen LogP contribution in [0.3, 0.4) is 0 Å². The molecular weight excluding hydrogens is 246 g/mol. The molecule has 1 heterocycles. The third kappa shape index (κ3) is 2.20. The van der Waals surface area contributed by atoms with Crippen molar-refractivity contribution in [1.82, 2.24) is 4.90 Å². The van der Waals surface area contributed by atoms with Crippen LogP contribution in [-0.4, -0.2) is 29.3 Å². The second kappa shape index (κ2) is 5.33. The fourth-order valence-corrected chi connectivity index (χ4v) is 3.94. The molecule has 1 aliphatic carbocycles. The van der Waals surface area contributed by atoms with Crippen molar-refractivity contribution >= 4 is 5.78 Å². The van der Waals surface area contributed by atoms with Crippen LogP contribution in [0, 0.1) is 13.8 Å². The lowest BCUT2D eigenvalue weighted by Gasteiger charge is -2.37. The Morgan fingerprint density at radius 3 is 2.25 bits per heavy atom. The summed E-state index contributed by atoms with van der Waals surface area (Å²) in [5.41, 5.74) is 3.23. The quantitative estimate of drug-likeness (QED) is 0.777. The molecule has 1 saturated heterocycles. The normalized spacial score (nSPS) is 22.3. The number of hydrogen-bond donors (Lipinski definition) is 0. The number of ketones is 1. The van der Waals surface area contributed by atoms with Crippen LogP contribution in [0.25, 0.3) is 0 Å². The zero-order valence-electron chi connectivity index (χ0n) is 12.7. The first-order valence-electron chi connectivity index (χ1n) is 8.01. The molecule has 2 fully saturated rings. The van der Waals surface area contributed by atoms with Crippen molar-refractivity contribution in [2.24, 2.45) is 0 Å². The van der Waals surface area contributed by atoms with Gasteiger partial charge in [-0.15, -0.1) is 0 Å². The number of carbonyl (C=O) groups is 1. The van der Waals surface area contributed by atoms with Crippen LogP contribution in [0.15, 0.2) is 18.2 Å². The van der Waals surface area contributed by atoms with Gasteiger partial charge in [0.05, 0.1) is 5.54 Å². The van der Waals surface area contributed by atoms with Crippen molar-refractivity contribution in [3.05, 3.63) is 34.9 Å². The van der Waals surface area contributed by atoms with Gasteiger partial charge in [0.2, 0.25) is 0 Å². The largest absolute Gasteiger partial charge is 0.292 e. The first kappa shape index (κ1) is 13.8. The summed E-state index contributed by atoms with van der Waals surface area (Å²) < 4.78 is 0. The van der Waals surface area contributed by atoms with E-state index in [1.807, 2.05) is 6.07 Å². The van der Waals surface area contributed by atoms with E-state index in [1.54, 1.807) is 0 Å². The van der Waals surface area contributed by atoms with Gasteiger partial charge in [-0.2, -0.15) is 0 Å². The predicted molar refractivity (Wildman–Crippen MR) is 82.3 cm³/mol. The molecule has 1 aliphatic heterocycles. The minimum absolute atomic E-state index is 0.182. The number of nitrogens with zero attached hydrogens (tertiary/aromatic N) is 1. The molecule has 0 spiro atoms. The molecule has 0 unspecified atom stereocenters. The lowest BCUT2D eigenvalue weighted by Crippen LogP contribution is -2.51. The van der Waals surface area contributed by atoms with Crippen LogP contribution in [0.1, 0.15) is 60.0 Å². The summed E-state index contributed by atoms with van der Waals surface area (Å²) in [4.78, 5) is 15.7. The second-order valence-corrected chi connectivity index (χ2v) is 6.56. The Bertz CT molecular complexity index is 508. The van der Waals surface area contributed by atoms with E-state index >= 15 is 0 Å². The Morgan fingerprint density at radius 1 is 1.00 bits per heavy atom. The Kier molecular flexibility index (Phi) is 3.68. The Labute approximate surface area is 122 Å². The number of benzene rings is 1. The SMILES string of the molecule is Cc1ccc(C(=O)C2(N3CCCC3)CCCC2)cc1C. The van der Waals surface area contributed by atoms with E-state index in [1.165, 1.54) is 36.8 Å². The first-order valence-corrected chi connectivity index (χ1v) is 8.01. The molecule has 0 radical (unpaired) electrons. The molecule has 0 N–H and O–H groups in total. The summed E-state index contributed by atoms with van der Waals surface area (Å²) in [6.07, 6.45) is 7.02. The fourth-order valence-electron chi connectivity index (χ4n) is 3.94. The molecule has 2 aliphatic rings. The molecule has 0 amide bonds.